The van der Waals surface area contributed by atoms with Gasteiger partial charge in [0.25, 0.3) is 0 Å². The lowest BCUT2D eigenvalue weighted by Gasteiger charge is -2.23. The van der Waals surface area contributed by atoms with Crippen LogP contribution in [0, 0.1) is 13.8 Å². The van der Waals surface area contributed by atoms with Gasteiger partial charge < -0.3 is 14.4 Å². The standard InChI is InChI=1S/C24H30N2O2.ClH/c1-17-9-8-10-18(2)23(17)28-16-20(27)15-26-22-14-7-6-13-21(22)25-24(26)19-11-4-3-5-12-19;/h6-10,13-14,19-20,27H,3-5,11-12,15-16H2,1-2H3;1H. The van der Waals surface area contributed by atoms with Crippen LogP contribution in [0.4, 0.5) is 0 Å². The van der Waals surface area contributed by atoms with Crippen LogP contribution in [0.15, 0.2) is 42.5 Å². The van der Waals surface area contributed by atoms with Crippen molar-refractivity contribution in [3.8, 4) is 5.75 Å². The van der Waals surface area contributed by atoms with Gasteiger partial charge in [0, 0.05) is 5.92 Å². The van der Waals surface area contributed by atoms with E-state index >= 15 is 0 Å². The van der Waals surface area contributed by atoms with Crippen LogP contribution >= 0.6 is 12.4 Å². The zero-order valence-corrected chi connectivity index (χ0v) is 18.1. The molecule has 0 amide bonds. The minimum Gasteiger partial charge on any atom is -0.490 e. The zero-order valence-electron chi connectivity index (χ0n) is 17.3. The molecule has 5 heteroatoms. The first kappa shape index (κ1) is 21.7. The second kappa shape index (κ2) is 9.64. The minimum atomic E-state index is -0.584. The van der Waals surface area contributed by atoms with E-state index in [1.807, 2.05) is 44.2 Å². The highest BCUT2D eigenvalue weighted by Gasteiger charge is 2.23. The molecular weight excluding hydrogens is 384 g/mol. The topological polar surface area (TPSA) is 47.3 Å². The summed E-state index contributed by atoms with van der Waals surface area (Å²) < 4.78 is 8.22. The lowest BCUT2D eigenvalue weighted by molar-refractivity contribution is 0.0915. The first-order valence-electron chi connectivity index (χ1n) is 10.5. The fourth-order valence-corrected chi connectivity index (χ4v) is 4.43. The van der Waals surface area contributed by atoms with E-state index in [2.05, 4.69) is 16.7 Å². The van der Waals surface area contributed by atoms with Gasteiger partial charge in [-0.1, -0.05) is 49.6 Å². The van der Waals surface area contributed by atoms with Crippen molar-refractivity contribution in [3.63, 3.8) is 0 Å². The maximum atomic E-state index is 10.8. The average Bonchev–Trinajstić information content (AvgIpc) is 3.07. The summed E-state index contributed by atoms with van der Waals surface area (Å²) in [5, 5.41) is 10.8. The fourth-order valence-electron chi connectivity index (χ4n) is 4.43. The molecule has 1 aromatic heterocycles. The Balaban J connectivity index is 0.00000240. The number of halogens is 1. The number of imidazole rings is 1. The quantitative estimate of drug-likeness (QED) is 0.574. The van der Waals surface area contributed by atoms with E-state index in [4.69, 9.17) is 9.72 Å². The summed E-state index contributed by atoms with van der Waals surface area (Å²) >= 11 is 0. The van der Waals surface area contributed by atoms with Crippen molar-refractivity contribution in [1.82, 2.24) is 9.55 Å². The van der Waals surface area contributed by atoms with Gasteiger partial charge in [-0.3, -0.25) is 0 Å². The predicted molar refractivity (Wildman–Crippen MR) is 120 cm³/mol. The molecule has 4 rings (SSSR count). The highest BCUT2D eigenvalue weighted by atomic mass is 35.5. The summed E-state index contributed by atoms with van der Waals surface area (Å²) in [6, 6.07) is 14.4. The predicted octanol–water partition coefficient (Wildman–Crippen LogP) is 5.56. The van der Waals surface area contributed by atoms with Gasteiger partial charge in [0.15, 0.2) is 0 Å². The largest absolute Gasteiger partial charge is 0.490 e. The zero-order chi connectivity index (χ0) is 19.5. The monoisotopic (exact) mass is 414 g/mol. The summed E-state index contributed by atoms with van der Waals surface area (Å²) in [4.78, 5) is 4.95. The first-order valence-corrected chi connectivity index (χ1v) is 10.5. The number of ether oxygens (including phenoxy) is 1. The summed E-state index contributed by atoms with van der Waals surface area (Å²) in [6.07, 6.45) is 5.66. The molecule has 0 saturated heterocycles. The number of nitrogens with zero attached hydrogens (tertiary/aromatic N) is 2. The number of aromatic nitrogens is 2. The van der Waals surface area contributed by atoms with Crippen LogP contribution in [-0.4, -0.2) is 27.4 Å². The lowest BCUT2D eigenvalue weighted by atomic mass is 9.88. The Kier molecular flexibility index (Phi) is 7.20. The van der Waals surface area contributed by atoms with Gasteiger partial charge in [-0.05, 0) is 49.9 Å². The Hall–Kier alpha value is -2.04. The number of aliphatic hydroxyl groups is 1. The van der Waals surface area contributed by atoms with Gasteiger partial charge in [-0.25, -0.2) is 4.98 Å². The fraction of sp³-hybridized carbons (Fsp3) is 0.458. The Bertz CT molecular complexity index is 927. The van der Waals surface area contributed by atoms with Gasteiger partial charge in [0.05, 0.1) is 17.6 Å². The summed E-state index contributed by atoms with van der Waals surface area (Å²) in [5.41, 5.74) is 4.33. The van der Waals surface area contributed by atoms with E-state index in [1.165, 1.54) is 32.1 Å². The van der Waals surface area contributed by atoms with E-state index in [-0.39, 0.29) is 19.0 Å². The third kappa shape index (κ3) is 4.76. The molecule has 0 bridgehead atoms. The smallest absolute Gasteiger partial charge is 0.125 e. The Morgan fingerprint density at radius 1 is 1.03 bits per heavy atom. The number of aliphatic hydroxyl groups excluding tert-OH is 1. The first-order chi connectivity index (χ1) is 13.6. The van der Waals surface area contributed by atoms with Crippen molar-refractivity contribution in [2.75, 3.05) is 6.61 Å². The molecule has 3 aromatic rings. The average molecular weight is 415 g/mol. The van der Waals surface area contributed by atoms with E-state index in [1.54, 1.807) is 0 Å². The van der Waals surface area contributed by atoms with E-state index in [0.29, 0.717) is 12.5 Å². The maximum absolute atomic E-state index is 10.8. The van der Waals surface area contributed by atoms with Gasteiger partial charge in [0.1, 0.15) is 24.3 Å². The molecule has 156 valence electrons. The number of aryl methyl sites for hydroxylation is 2. The van der Waals surface area contributed by atoms with Gasteiger partial charge in [-0.2, -0.15) is 0 Å². The molecule has 1 heterocycles. The highest BCUT2D eigenvalue weighted by molar-refractivity contribution is 5.85. The van der Waals surface area contributed by atoms with Gasteiger partial charge >= 0.3 is 0 Å². The normalized spacial score (nSPS) is 15.8. The Labute approximate surface area is 179 Å². The van der Waals surface area contributed by atoms with Crippen LogP contribution in [0.3, 0.4) is 0 Å². The molecule has 1 saturated carbocycles. The molecule has 1 atom stereocenters. The molecule has 1 aliphatic rings. The molecule has 29 heavy (non-hydrogen) atoms. The van der Waals surface area contributed by atoms with Crippen LogP contribution in [-0.2, 0) is 6.54 Å². The number of rotatable bonds is 6. The molecule has 1 aliphatic carbocycles. The van der Waals surface area contributed by atoms with E-state index in [0.717, 1.165) is 33.7 Å². The van der Waals surface area contributed by atoms with Crippen molar-refractivity contribution in [2.45, 2.75) is 64.5 Å². The second-order valence-electron chi connectivity index (χ2n) is 8.09. The van der Waals surface area contributed by atoms with Crippen LogP contribution in [0.25, 0.3) is 11.0 Å². The summed E-state index contributed by atoms with van der Waals surface area (Å²) in [7, 11) is 0. The number of hydrogen-bond acceptors (Lipinski definition) is 3. The number of benzene rings is 2. The number of para-hydroxylation sites is 3. The molecule has 0 spiro atoms. The Morgan fingerprint density at radius 2 is 1.72 bits per heavy atom. The van der Waals surface area contributed by atoms with Crippen LogP contribution in [0.5, 0.6) is 5.75 Å². The van der Waals surface area contributed by atoms with Crippen molar-refractivity contribution < 1.29 is 9.84 Å². The molecule has 4 nitrogen and oxygen atoms in total. The van der Waals surface area contributed by atoms with Crippen molar-refractivity contribution in [3.05, 3.63) is 59.4 Å². The third-order valence-corrected chi connectivity index (χ3v) is 5.88. The molecule has 1 unspecified atom stereocenters. The maximum Gasteiger partial charge on any atom is 0.125 e. The van der Waals surface area contributed by atoms with Crippen LogP contribution in [0.1, 0.15) is 55.0 Å². The van der Waals surface area contributed by atoms with Crippen molar-refractivity contribution in [2.24, 2.45) is 0 Å². The van der Waals surface area contributed by atoms with E-state index in [9.17, 15) is 5.11 Å². The third-order valence-electron chi connectivity index (χ3n) is 5.88. The SMILES string of the molecule is Cc1cccc(C)c1OCC(O)Cn1c(C2CCCCC2)nc2ccccc21.Cl. The molecular formula is C24H31ClN2O2. The summed E-state index contributed by atoms with van der Waals surface area (Å²) in [6.45, 7) is 4.87. The van der Waals surface area contributed by atoms with Gasteiger partial charge in [-0.15, -0.1) is 12.4 Å². The summed E-state index contributed by atoms with van der Waals surface area (Å²) in [5.74, 6) is 2.50. The highest BCUT2D eigenvalue weighted by Crippen LogP contribution is 2.34. The van der Waals surface area contributed by atoms with E-state index < -0.39 is 6.10 Å². The lowest BCUT2D eigenvalue weighted by Crippen LogP contribution is -2.26. The van der Waals surface area contributed by atoms with Crippen molar-refractivity contribution in [1.29, 1.82) is 0 Å². The van der Waals surface area contributed by atoms with Crippen molar-refractivity contribution >= 4 is 23.4 Å². The Morgan fingerprint density at radius 3 is 2.45 bits per heavy atom. The number of fused-ring (bicyclic) bond motifs is 1. The van der Waals surface area contributed by atoms with Crippen LogP contribution < -0.4 is 4.74 Å². The molecule has 0 radical (unpaired) electrons. The van der Waals surface area contributed by atoms with Gasteiger partial charge in [0.2, 0.25) is 0 Å². The number of hydrogen-bond donors (Lipinski definition) is 1. The molecule has 2 aromatic carbocycles. The molecule has 1 fully saturated rings. The second-order valence-corrected chi connectivity index (χ2v) is 8.09. The molecule has 0 aliphatic heterocycles. The molecule has 1 N–H and O–H groups in total. The minimum absolute atomic E-state index is 0. The van der Waals surface area contributed by atoms with Crippen LogP contribution in [0.2, 0.25) is 0 Å².